The highest BCUT2D eigenvalue weighted by Gasteiger charge is 2.55. The van der Waals surface area contributed by atoms with Crippen LogP contribution in [0.25, 0.3) is 0 Å². The van der Waals surface area contributed by atoms with Crippen LogP contribution < -0.4 is 15.6 Å². The van der Waals surface area contributed by atoms with E-state index in [1.807, 2.05) is 19.1 Å². The van der Waals surface area contributed by atoms with Crippen LogP contribution in [0.3, 0.4) is 0 Å². The molecule has 0 spiro atoms. The van der Waals surface area contributed by atoms with Gasteiger partial charge in [0.2, 0.25) is 5.91 Å². The largest absolute Gasteiger partial charge is 0.481 e. The number of rotatable bonds is 5. The van der Waals surface area contributed by atoms with Gasteiger partial charge in [0, 0.05) is 0 Å². The van der Waals surface area contributed by atoms with Crippen LogP contribution in [0, 0.1) is 18.8 Å². The fourth-order valence-corrected chi connectivity index (χ4v) is 3.58. The summed E-state index contributed by atoms with van der Waals surface area (Å²) in [4.78, 5) is 35.9. The Morgan fingerprint density at radius 1 is 1.19 bits per heavy atom. The van der Waals surface area contributed by atoms with Crippen LogP contribution in [0.1, 0.15) is 25.3 Å². The number of aliphatic carboxylic acids is 1. The van der Waals surface area contributed by atoms with E-state index in [9.17, 15) is 19.5 Å². The van der Waals surface area contributed by atoms with Crippen LogP contribution in [0.5, 0.6) is 5.75 Å². The molecule has 2 aliphatic rings. The molecule has 2 saturated heterocycles. The van der Waals surface area contributed by atoms with E-state index in [-0.39, 0.29) is 0 Å². The molecule has 0 saturated carbocycles. The molecule has 0 aliphatic carbocycles. The van der Waals surface area contributed by atoms with Crippen LogP contribution in [0.2, 0.25) is 0 Å². The normalized spacial score (nSPS) is 27.6. The van der Waals surface area contributed by atoms with E-state index in [0.29, 0.717) is 18.6 Å². The van der Waals surface area contributed by atoms with Gasteiger partial charge in [-0.15, -0.1) is 0 Å². The van der Waals surface area contributed by atoms with Gasteiger partial charge in [-0.05, 0) is 44.4 Å². The number of carbonyl (C=O) groups is 3. The Morgan fingerprint density at radius 2 is 1.88 bits per heavy atom. The molecular formula is C18H22N2O6. The van der Waals surface area contributed by atoms with Gasteiger partial charge in [-0.25, -0.2) is 0 Å². The monoisotopic (exact) mass is 362 g/mol. The Labute approximate surface area is 150 Å². The fraction of sp³-hybridized carbons (Fsp3) is 0.500. The predicted molar refractivity (Wildman–Crippen MR) is 90.1 cm³/mol. The van der Waals surface area contributed by atoms with Crippen molar-refractivity contribution in [2.24, 2.45) is 11.8 Å². The van der Waals surface area contributed by atoms with E-state index >= 15 is 0 Å². The Morgan fingerprint density at radius 3 is 2.54 bits per heavy atom. The van der Waals surface area contributed by atoms with Gasteiger partial charge in [0.1, 0.15) is 5.75 Å². The van der Waals surface area contributed by atoms with Crippen LogP contribution >= 0.6 is 0 Å². The van der Waals surface area contributed by atoms with Gasteiger partial charge in [0.25, 0.3) is 5.91 Å². The molecule has 8 heteroatoms. The molecule has 2 heterocycles. The standard InChI is InChI=1S/C18H22N2O6/c1-9-4-3-5-11(8-9)25-10(2)16(21)19-20-17(22)14-12-6-7-13(26-12)15(14)18(23)24/h3-5,8,10,12-15H,6-7H2,1-2H3,(H,19,21)(H,20,22)(H,23,24)/t10-,12+,13+,14-,15+/m1/s1. The molecule has 0 unspecified atom stereocenters. The molecule has 2 bridgehead atoms. The van der Waals surface area contributed by atoms with E-state index in [2.05, 4.69) is 10.9 Å². The highest BCUT2D eigenvalue weighted by Crippen LogP contribution is 2.43. The third-order valence-corrected chi connectivity index (χ3v) is 4.84. The average molecular weight is 362 g/mol. The van der Waals surface area contributed by atoms with Crippen molar-refractivity contribution >= 4 is 17.8 Å². The van der Waals surface area contributed by atoms with Crippen molar-refractivity contribution in [3.05, 3.63) is 29.8 Å². The van der Waals surface area contributed by atoms with Crippen molar-refractivity contribution in [1.82, 2.24) is 10.9 Å². The second-order valence-corrected chi connectivity index (χ2v) is 6.74. The van der Waals surface area contributed by atoms with Gasteiger partial charge in [0.05, 0.1) is 24.0 Å². The minimum Gasteiger partial charge on any atom is -0.481 e. The van der Waals surface area contributed by atoms with E-state index in [4.69, 9.17) is 9.47 Å². The highest BCUT2D eigenvalue weighted by molar-refractivity contribution is 5.89. The lowest BCUT2D eigenvalue weighted by molar-refractivity contribution is -0.148. The number of hydrogen-bond donors (Lipinski definition) is 3. The summed E-state index contributed by atoms with van der Waals surface area (Å²) < 4.78 is 11.1. The van der Waals surface area contributed by atoms with Crippen molar-refractivity contribution in [3.8, 4) is 5.75 Å². The third kappa shape index (κ3) is 3.65. The summed E-state index contributed by atoms with van der Waals surface area (Å²) in [6.07, 6.45) is -0.401. The number of amides is 2. The van der Waals surface area contributed by atoms with Gasteiger partial charge >= 0.3 is 5.97 Å². The third-order valence-electron chi connectivity index (χ3n) is 4.84. The first-order valence-electron chi connectivity index (χ1n) is 8.58. The first-order valence-corrected chi connectivity index (χ1v) is 8.58. The molecule has 2 aliphatic heterocycles. The Balaban J connectivity index is 1.54. The second-order valence-electron chi connectivity index (χ2n) is 6.74. The molecule has 26 heavy (non-hydrogen) atoms. The summed E-state index contributed by atoms with van der Waals surface area (Å²) in [5, 5.41) is 9.34. The number of fused-ring (bicyclic) bond motifs is 2. The zero-order valence-electron chi connectivity index (χ0n) is 14.6. The quantitative estimate of drug-likeness (QED) is 0.667. The summed E-state index contributed by atoms with van der Waals surface area (Å²) in [5.41, 5.74) is 5.61. The van der Waals surface area contributed by atoms with Gasteiger partial charge < -0.3 is 14.6 Å². The first kappa shape index (κ1) is 18.2. The molecule has 1 aromatic carbocycles. The molecule has 5 atom stereocenters. The maximum Gasteiger partial charge on any atom is 0.310 e. The molecular weight excluding hydrogens is 340 g/mol. The minimum absolute atomic E-state index is 0.418. The van der Waals surface area contributed by atoms with E-state index < -0.39 is 47.9 Å². The number of aryl methyl sites for hydroxylation is 1. The van der Waals surface area contributed by atoms with Gasteiger partial charge in [0.15, 0.2) is 6.10 Å². The summed E-state index contributed by atoms with van der Waals surface area (Å²) in [6.45, 7) is 3.47. The Hall–Kier alpha value is -2.61. The zero-order valence-corrected chi connectivity index (χ0v) is 14.6. The lowest BCUT2D eigenvalue weighted by Crippen LogP contribution is -2.52. The SMILES string of the molecule is Cc1cccc(O[C@H](C)C(=O)NNC(=O)[C@H]2[C@@H](C(=O)O)[C@@H]3CC[C@@H]2O3)c1. The molecule has 3 N–H and O–H groups in total. The van der Waals surface area contributed by atoms with E-state index in [1.54, 1.807) is 19.1 Å². The first-order chi connectivity index (χ1) is 12.4. The summed E-state index contributed by atoms with van der Waals surface area (Å²) in [5.74, 6) is -3.28. The highest BCUT2D eigenvalue weighted by atomic mass is 16.5. The second kappa shape index (κ2) is 7.33. The molecule has 0 aromatic heterocycles. The summed E-state index contributed by atoms with van der Waals surface area (Å²) >= 11 is 0. The van der Waals surface area contributed by atoms with E-state index in [1.165, 1.54) is 0 Å². The smallest absolute Gasteiger partial charge is 0.310 e. The predicted octanol–water partition coefficient (Wildman–Crippen LogP) is 0.788. The number of ether oxygens (including phenoxy) is 2. The lowest BCUT2D eigenvalue weighted by atomic mass is 9.79. The fourth-order valence-electron chi connectivity index (χ4n) is 3.58. The molecule has 2 amide bonds. The molecule has 1 aromatic rings. The number of benzene rings is 1. The van der Waals surface area contributed by atoms with Crippen molar-refractivity contribution in [2.45, 2.75) is 45.0 Å². The van der Waals surface area contributed by atoms with Crippen molar-refractivity contribution in [1.29, 1.82) is 0 Å². The average Bonchev–Trinajstić information content (AvgIpc) is 3.20. The van der Waals surface area contributed by atoms with Gasteiger partial charge in [-0.2, -0.15) is 0 Å². The van der Waals surface area contributed by atoms with Crippen LogP contribution in [0.4, 0.5) is 0 Å². The molecule has 3 rings (SSSR count). The number of carbonyl (C=O) groups excluding carboxylic acids is 2. The summed E-state index contributed by atoms with van der Waals surface area (Å²) in [6, 6.07) is 7.26. The van der Waals surface area contributed by atoms with E-state index in [0.717, 1.165) is 5.56 Å². The number of carboxylic acids is 1. The van der Waals surface area contributed by atoms with Crippen LogP contribution in [0.15, 0.2) is 24.3 Å². The van der Waals surface area contributed by atoms with Crippen molar-refractivity contribution < 1.29 is 29.0 Å². The molecule has 140 valence electrons. The van der Waals surface area contributed by atoms with Gasteiger partial charge in [-0.3, -0.25) is 25.2 Å². The minimum atomic E-state index is -1.06. The van der Waals surface area contributed by atoms with Gasteiger partial charge in [-0.1, -0.05) is 12.1 Å². The number of carboxylic acid groups (broad SMARTS) is 1. The Kier molecular flexibility index (Phi) is 5.13. The van der Waals surface area contributed by atoms with Crippen LogP contribution in [-0.4, -0.2) is 41.2 Å². The number of hydrazine groups is 1. The molecule has 2 fully saturated rings. The van der Waals surface area contributed by atoms with Crippen LogP contribution in [-0.2, 0) is 19.1 Å². The molecule has 0 radical (unpaired) electrons. The zero-order chi connectivity index (χ0) is 18.8. The summed E-state index contributed by atoms with van der Waals surface area (Å²) in [7, 11) is 0. The lowest BCUT2D eigenvalue weighted by Gasteiger charge is -2.24. The maximum atomic E-state index is 12.4. The maximum absolute atomic E-state index is 12.4. The molecule has 8 nitrogen and oxygen atoms in total. The topological polar surface area (TPSA) is 114 Å². The van der Waals surface area contributed by atoms with Crippen molar-refractivity contribution in [2.75, 3.05) is 0 Å². The van der Waals surface area contributed by atoms with Crippen molar-refractivity contribution in [3.63, 3.8) is 0 Å². The number of nitrogens with one attached hydrogen (secondary N) is 2. The Bertz CT molecular complexity index is 721. The number of hydrogen-bond acceptors (Lipinski definition) is 5.